The molecule has 0 atom stereocenters. The molecule has 0 saturated heterocycles. The van der Waals surface area contributed by atoms with E-state index in [9.17, 15) is 19.7 Å². The van der Waals surface area contributed by atoms with Crippen molar-refractivity contribution in [1.82, 2.24) is 4.98 Å². The van der Waals surface area contributed by atoms with Gasteiger partial charge in [-0.1, -0.05) is 19.1 Å². The largest absolute Gasteiger partial charge is 0.320 e. The van der Waals surface area contributed by atoms with Crippen molar-refractivity contribution in [2.75, 3.05) is 5.32 Å². The maximum atomic E-state index is 12.0. The van der Waals surface area contributed by atoms with Crippen molar-refractivity contribution >= 4 is 17.3 Å². The number of carbonyl (C=O) groups is 1. The van der Waals surface area contributed by atoms with Crippen molar-refractivity contribution in [3.63, 3.8) is 0 Å². The summed E-state index contributed by atoms with van der Waals surface area (Å²) in [5.74, 6) is -0.536. The van der Waals surface area contributed by atoms with Crippen LogP contribution in [0.4, 0.5) is 11.4 Å². The highest BCUT2D eigenvalue weighted by Gasteiger charge is 2.14. The number of nitro benzene ring substituents is 1. The number of aryl methyl sites for hydroxylation is 1. The Morgan fingerprint density at radius 2 is 2.10 bits per heavy atom. The Labute approximate surface area is 119 Å². The van der Waals surface area contributed by atoms with Crippen molar-refractivity contribution in [1.29, 1.82) is 0 Å². The molecular weight excluding hydrogens is 274 g/mol. The lowest BCUT2D eigenvalue weighted by Crippen LogP contribution is -2.18. The number of hydrogen-bond donors (Lipinski definition) is 2. The lowest BCUT2D eigenvalue weighted by Gasteiger charge is -2.06. The molecule has 2 N–H and O–H groups in total. The maximum Gasteiger partial charge on any atom is 0.274 e. The van der Waals surface area contributed by atoms with Crippen molar-refractivity contribution < 1.29 is 9.72 Å². The normalized spacial score (nSPS) is 10.1. The Morgan fingerprint density at radius 1 is 1.33 bits per heavy atom. The van der Waals surface area contributed by atoms with E-state index in [1.165, 1.54) is 24.3 Å². The quantitative estimate of drug-likeness (QED) is 0.663. The topological polar surface area (TPSA) is 105 Å². The number of amides is 1. The Morgan fingerprint density at radius 3 is 2.71 bits per heavy atom. The molecule has 2 aromatic rings. The van der Waals surface area contributed by atoms with Crippen molar-refractivity contribution in [2.45, 2.75) is 13.3 Å². The highest BCUT2D eigenvalue weighted by Crippen LogP contribution is 2.23. The Bertz CT molecular complexity index is 752. The van der Waals surface area contributed by atoms with Gasteiger partial charge >= 0.3 is 0 Å². The molecule has 0 unspecified atom stereocenters. The van der Waals surface area contributed by atoms with Gasteiger partial charge in [-0.15, -0.1) is 0 Å². The molecule has 0 bridgehead atoms. The second-order valence-electron chi connectivity index (χ2n) is 4.34. The first kappa shape index (κ1) is 14.4. The molecule has 0 saturated carbocycles. The van der Waals surface area contributed by atoms with Crippen LogP contribution in [-0.4, -0.2) is 15.8 Å². The van der Waals surface area contributed by atoms with Gasteiger partial charge in [0.1, 0.15) is 5.69 Å². The van der Waals surface area contributed by atoms with E-state index in [0.717, 1.165) is 0 Å². The summed E-state index contributed by atoms with van der Waals surface area (Å²) in [4.78, 5) is 36.0. The summed E-state index contributed by atoms with van der Waals surface area (Å²) in [6.07, 6.45) is 0.524. The molecule has 0 aliphatic rings. The molecule has 7 nitrogen and oxygen atoms in total. The van der Waals surface area contributed by atoms with Crippen LogP contribution in [-0.2, 0) is 6.42 Å². The van der Waals surface area contributed by atoms with E-state index >= 15 is 0 Å². The third-order valence-corrected chi connectivity index (χ3v) is 2.93. The zero-order chi connectivity index (χ0) is 15.4. The number of H-pyrrole nitrogens is 1. The van der Waals surface area contributed by atoms with Gasteiger partial charge in [-0.05, 0) is 18.6 Å². The molecule has 0 radical (unpaired) electrons. The number of carbonyl (C=O) groups excluding carboxylic acids is 1. The van der Waals surface area contributed by atoms with Gasteiger partial charge in [-0.3, -0.25) is 19.7 Å². The lowest BCUT2D eigenvalue weighted by molar-refractivity contribution is -0.385. The Balaban J connectivity index is 2.27. The summed E-state index contributed by atoms with van der Waals surface area (Å²) in [5, 5.41) is 13.5. The molecule has 7 heteroatoms. The predicted octanol–water partition coefficient (Wildman–Crippen LogP) is 2.10. The molecule has 21 heavy (non-hydrogen) atoms. The Hall–Kier alpha value is -2.96. The highest BCUT2D eigenvalue weighted by atomic mass is 16.6. The summed E-state index contributed by atoms with van der Waals surface area (Å²) in [7, 11) is 0. The van der Waals surface area contributed by atoms with Crippen LogP contribution >= 0.6 is 0 Å². The summed E-state index contributed by atoms with van der Waals surface area (Å²) in [6, 6.07) is 8.68. The fourth-order valence-corrected chi connectivity index (χ4v) is 1.89. The standard InChI is InChI=1S/C14H13N3O4/c1-2-9-6-7-10(8-12(9)17(20)21)15-14(19)11-4-3-5-13(18)16-11/h3-8H,2H2,1H3,(H,15,19)(H,16,18). The minimum absolute atomic E-state index is 0.0446. The van der Waals surface area contributed by atoms with E-state index in [2.05, 4.69) is 10.3 Å². The van der Waals surface area contributed by atoms with Gasteiger partial charge < -0.3 is 10.3 Å². The number of benzene rings is 1. The van der Waals surface area contributed by atoms with Crippen LogP contribution in [0.25, 0.3) is 0 Å². The van der Waals surface area contributed by atoms with Crippen molar-refractivity contribution in [3.05, 3.63) is 68.1 Å². The molecule has 0 spiro atoms. The molecule has 1 aromatic carbocycles. The molecule has 0 aliphatic carbocycles. The van der Waals surface area contributed by atoms with Gasteiger partial charge in [0.2, 0.25) is 5.56 Å². The average Bonchev–Trinajstić information content (AvgIpc) is 2.47. The van der Waals surface area contributed by atoms with E-state index < -0.39 is 16.4 Å². The maximum absolute atomic E-state index is 12.0. The van der Waals surface area contributed by atoms with Gasteiger partial charge in [0.05, 0.1) is 4.92 Å². The van der Waals surface area contributed by atoms with Crippen molar-refractivity contribution in [3.8, 4) is 0 Å². The number of aromatic nitrogens is 1. The highest BCUT2D eigenvalue weighted by molar-refractivity contribution is 6.02. The smallest absolute Gasteiger partial charge is 0.274 e. The van der Waals surface area contributed by atoms with Crippen LogP contribution in [0.15, 0.2) is 41.2 Å². The number of nitrogens with one attached hydrogen (secondary N) is 2. The first-order valence-electron chi connectivity index (χ1n) is 6.29. The second kappa shape index (κ2) is 6.00. The zero-order valence-electron chi connectivity index (χ0n) is 11.3. The van der Waals surface area contributed by atoms with Crippen LogP contribution in [0.1, 0.15) is 23.0 Å². The summed E-state index contributed by atoms with van der Waals surface area (Å²) in [6.45, 7) is 1.81. The monoisotopic (exact) mass is 287 g/mol. The minimum Gasteiger partial charge on any atom is -0.320 e. The molecule has 1 amide bonds. The van der Waals surface area contributed by atoms with E-state index in [1.54, 1.807) is 12.1 Å². The number of nitro groups is 1. The van der Waals surface area contributed by atoms with Crippen LogP contribution in [0, 0.1) is 10.1 Å². The fourth-order valence-electron chi connectivity index (χ4n) is 1.89. The van der Waals surface area contributed by atoms with Crippen molar-refractivity contribution in [2.24, 2.45) is 0 Å². The van der Waals surface area contributed by atoms with Gasteiger partial charge in [0.15, 0.2) is 0 Å². The fraction of sp³-hybridized carbons (Fsp3) is 0.143. The number of aromatic amines is 1. The molecule has 1 heterocycles. The van der Waals surface area contributed by atoms with Gasteiger partial charge in [-0.2, -0.15) is 0 Å². The Kier molecular flexibility index (Phi) is 4.13. The minimum atomic E-state index is -0.536. The van der Waals surface area contributed by atoms with E-state index in [1.807, 2.05) is 6.92 Å². The first-order valence-corrected chi connectivity index (χ1v) is 6.29. The van der Waals surface area contributed by atoms with E-state index in [0.29, 0.717) is 17.7 Å². The predicted molar refractivity (Wildman–Crippen MR) is 77.5 cm³/mol. The second-order valence-corrected chi connectivity index (χ2v) is 4.34. The number of pyridine rings is 1. The zero-order valence-corrected chi connectivity index (χ0v) is 11.3. The lowest BCUT2D eigenvalue weighted by atomic mass is 10.1. The summed E-state index contributed by atoms with van der Waals surface area (Å²) in [5.41, 5.74) is 0.538. The molecule has 0 aliphatic heterocycles. The van der Waals surface area contributed by atoms with E-state index in [4.69, 9.17) is 0 Å². The van der Waals surface area contributed by atoms with Gasteiger partial charge in [-0.25, -0.2) is 0 Å². The number of anilines is 1. The number of hydrogen-bond acceptors (Lipinski definition) is 4. The van der Waals surface area contributed by atoms with Crippen LogP contribution in [0.5, 0.6) is 0 Å². The first-order chi connectivity index (χ1) is 10.0. The van der Waals surface area contributed by atoms with Crippen LogP contribution < -0.4 is 10.9 Å². The molecule has 2 rings (SSSR count). The van der Waals surface area contributed by atoms with Crippen LogP contribution in [0.2, 0.25) is 0 Å². The number of nitrogens with zero attached hydrogens (tertiary/aromatic N) is 1. The summed E-state index contributed by atoms with van der Waals surface area (Å²) < 4.78 is 0. The summed E-state index contributed by atoms with van der Waals surface area (Å²) >= 11 is 0. The molecule has 108 valence electrons. The number of rotatable bonds is 4. The molecular formula is C14H13N3O4. The van der Waals surface area contributed by atoms with Gasteiger partial charge in [0, 0.05) is 23.4 Å². The van der Waals surface area contributed by atoms with Gasteiger partial charge in [0.25, 0.3) is 11.6 Å². The molecule has 0 fully saturated rings. The van der Waals surface area contributed by atoms with E-state index in [-0.39, 0.29) is 11.4 Å². The third-order valence-electron chi connectivity index (χ3n) is 2.93. The SMILES string of the molecule is CCc1ccc(NC(=O)c2cccc(=O)[nH]2)cc1[N+](=O)[O-]. The third kappa shape index (κ3) is 3.33. The van der Waals surface area contributed by atoms with Crippen LogP contribution in [0.3, 0.4) is 0 Å². The molecule has 1 aromatic heterocycles. The average molecular weight is 287 g/mol.